The van der Waals surface area contributed by atoms with Crippen molar-refractivity contribution < 1.29 is 8.78 Å². The van der Waals surface area contributed by atoms with Crippen molar-refractivity contribution >= 4 is 43.2 Å². The highest BCUT2D eigenvalue weighted by Crippen LogP contribution is 2.29. The van der Waals surface area contributed by atoms with Crippen molar-refractivity contribution in [2.75, 3.05) is 0 Å². The molecule has 2 heterocycles. The molecule has 0 aliphatic heterocycles. The molecule has 0 aromatic carbocycles. The maximum Gasteiger partial charge on any atom is 0.333 e. The van der Waals surface area contributed by atoms with E-state index < -0.39 is 6.55 Å². The van der Waals surface area contributed by atoms with Crippen molar-refractivity contribution in [3.05, 3.63) is 31.4 Å². The van der Waals surface area contributed by atoms with Gasteiger partial charge in [0.05, 0.1) is 6.20 Å². The molecule has 2 aromatic rings. The fourth-order valence-corrected chi connectivity index (χ4v) is 3.56. The first-order chi connectivity index (χ1) is 7.56. The van der Waals surface area contributed by atoms with Crippen molar-refractivity contribution in [1.82, 2.24) is 14.8 Å². The number of hydrogen-bond donors (Lipinski definition) is 0. The van der Waals surface area contributed by atoms with Crippen LogP contribution in [0.5, 0.6) is 0 Å². The van der Waals surface area contributed by atoms with E-state index in [1.165, 1.54) is 23.7 Å². The lowest BCUT2D eigenvalue weighted by Crippen LogP contribution is -1.97. The van der Waals surface area contributed by atoms with Crippen LogP contribution < -0.4 is 0 Å². The molecule has 0 saturated carbocycles. The van der Waals surface area contributed by atoms with Gasteiger partial charge in [-0.3, -0.25) is 0 Å². The Hall–Kier alpha value is -0.340. The number of halogens is 4. The average Bonchev–Trinajstić information content (AvgIpc) is 2.75. The highest BCUT2D eigenvalue weighted by molar-refractivity contribution is 9.11. The summed E-state index contributed by atoms with van der Waals surface area (Å²) in [4.78, 5) is 5.10. The van der Waals surface area contributed by atoms with E-state index in [9.17, 15) is 8.78 Å². The Balaban J connectivity index is 2.17. The highest BCUT2D eigenvalue weighted by Gasteiger charge is 2.11. The van der Waals surface area contributed by atoms with Crippen LogP contribution in [0.25, 0.3) is 0 Å². The molecule has 2 aromatic heterocycles. The second-order valence-electron chi connectivity index (χ2n) is 2.96. The molecular formula is C8H5Br2F2N3S. The summed E-state index contributed by atoms with van der Waals surface area (Å²) in [5.74, 6) is 0. The third-order valence-corrected chi connectivity index (χ3v) is 4.27. The van der Waals surface area contributed by atoms with Gasteiger partial charge in [-0.2, -0.15) is 13.9 Å². The molecule has 16 heavy (non-hydrogen) atoms. The van der Waals surface area contributed by atoms with Gasteiger partial charge in [0, 0.05) is 17.5 Å². The SMILES string of the molecule is FC(F)n1cc(Cc2sc(Br)nc2Br)cn1. The molecule has 3 nitrogen and oxygen atoms in total. The van der Waals surface area contributed by atoms with Gasteiger partial charge in [-0.05, 0) is 37.4 Å². The van der Waals surface area contributed by atoms with Crippen LogP contribution in [0.1, 0.15) is 17.0 Å². The van der Waals surface area contributed by atoms with Crippen molar-refractivity contribution in [1.29, 1.82) is 0 Å². The van der Waals surface area contributed by atoms with Crippen LogP contribution in [-0.2, 0) is 6.42 Å². The molecule has 2 rings (SSSR count). The molecule has 0 radical (unpaired) electrons. The van der Waals surface area contributed by atoms with Crippen molar-refractivity contribution in [2.45, 2.75) is 13.0 Å². The first kappa shape index (κ1) is 12.1. The van der Waals surface area contributed by atoms with Crippen LogP contribution in [0.4, 0.5) is 8.78 Å². The van der Waals surface area contributed by atoms with Crippen molar-refractivity contribution in [3.8, 4) is 0 Å². The van der Waals surface area contributed by atoms with E-state index in [1.807, 2.05) is 0 Å². The van der Waals surface area contributed by atoms with Crippen LogP contribution in [0.2, 0.25) is 0 Å². The standard InChI is InChI=1S/C8H5Br2F2N3S/c9-6-5(16-7(10)14-6)1-4-2-13-15(3-4)8(11)12/h2-3,8H,1H2. The van der Waals surface area contributed by atoms with Crippen molar-refractivity contribution in [3.63, 3.8) is 0 Å². The average molecular weight is 373 g/mol. The molecule has 0 amide bonds. The van der Waals surface area contributed by atoms with E-state index in [0.29, 0.717) is 11.1 Å². The van der Waals surface area contributed by atoms with Gasteiger partial charge in [-0.1, -0.05) is 0 Å². The van der Waals surface area contributed by atoms with Crippen LogP contribution in [0.15, 0.2) is 20.9 Å². The molecule has 0 saturated heterocycles. The van der Waals surface area contributed by atoms with E-state index in [4.69, 9.17) is 0 Å². The largest absolute Gasteiger partial charge is 0.333 e. The second-order valence-corrected chi connectivity index (χ2v) is 6.07. The maximum absolute atomic E-state index is 12.3. The van der Waals surface area contributed by atoms with E-state index in [0.717, 1.165) is 19.0 Å². The van der Waals surface area contributed by atoms with Gasteiger partial charge < -0.3 is 0 Å². The number of alkyl halides is 2. The zero-order chi connectivity index (χ0) is 11.7. The Bertz CT molecular complexity index is 497. The third kappa shape index (κ3) is 2.67. The summed E-state index contributed by atoms with van der Waals surface area (Å²) in [5, 5.41) is 3.57. The molecule has 0 atom stereocenters. The summed E-state index contributed by atoms with van der Waals surface area (Å²) in [6.45, 7) is -2.59. The minimum Gasteiger partial charge on any atom is -0.222 e. The lowest BCUT2D eigenvalue weighted by molar-refractivity contribution is 0.0565. The maximum atomic E-state index is 12.3. The molecule has 0 aliphatic carbocycles. The van der Waals surface area contributed by atoms with E-state index in [2.05, 4.69) is 41.9 Å². The number of hydrogen-bond acceptors (Lipinski definition) is 3. The zero-order valence-corrected chi connectivity index (χ0v) is 11.7. The van der Waals surface area contributed by atoms with E-state index in [-0.39, 0.29) is 0 Å². The number of thiazole rings is 1. The van der Waals surface area contributed by atoms with Gasteiger partial charge in [0.1, 0.15) is 4.60 Å². The fraction of sp³-hybridized carbons (Fsp3) is 0.250. The number of rotatable bonds is 3. The minimum atomic E-state index is -2.59. The van der Waals surface area contributed by atoms with Crippen LogP contribution >= 0.6 is 43.2 Å². The summed E-state index contributed by atoms with van der Waals surface area (Å²) in [6, 6.07) is 0. The first-order valence-electron chi connectivity index (χ1n) is 4.18. The summed E-state index contributed by atoms with van der Waals surface area (Å²) in [6.07, 6.45) is 3.31. The predicted octanol–water partition coefficient (Wildman–Crippen LogP) is 3.85. The normalized spacial score (nSPS) is 11.3. The first-order valence-corrected chi connectivity index (χ1v) is 6.58. The number of nitrogens with zero attached hydrogens (tertiary/aromatic N) is 3. The lowest BCUT2D eigenvalue weighted by Gasteiger charge is -1.96. The van der Waals surface area contributed by atoms with Crippen LogP contribution in [0, 0.1) is 0 Å². The monoisotopic (exact) mass is 371 g/mol. The van der Waals surface area contributed by atoms with Crippen LogP contribution in [-0.4, -0.2) is 14.8 Å². The molecule has 0 N–H and O–H groups in total. The molecule has 86 valence electrons. The van der Waals surface area contributed by atoms with E-state index in [1.54, 1.807) is 0 Å². The molecule has 8 heteroatoms. The Morgan fingerprint density at radius 3 is 2.69 bits per heavy atom. The van der Waals surface area contributed by atoms with Gasteiger partial charge in [-0.25, -0.2) is 9.67 Å². The third-order valence-electron chi connectivity index (χ3n) is 1.84. The smallest absolute Gasteiger partial charge is 0.222 e. The van der Waals surface area contributed by atoms with Crippen molar-refractivity contribution in [2.24, 2.45) is 0 Å². The van der Waals surface area contributed by atoms with Crippen LogP contribution in [0.3, 0.4) is 0 Å². The zero-order valence-electron chi connectivity index (χ0n) is 7.70. The predicted molar refractivity (Wildman–Crippen MR) is 63.8 cm³/mol. The molecule has 0 unspecified atom stereocenters. The van der Waals surface area contributed by atoms with Gasteiger partial charge >= 0.3 is 6.55 Å². The Labute approximate surface area is 111 Å². The quantitative estimate of drug-likeness (QED) is 0.819. The van der Waals surface area contributed by atoms with Gasteiger partial charge in [0.15, 0.2) is 3.92 Å². The Morgan fingerprint density at radius 1 is 1.44 bits per heavy atom. The van der Waals surface area contributed by atoms with Gasteiger partial charge in [-0.15, -0.1) is 11.3 Å². The molecule has 0 bridgehead atoms. The van der Waals surface area contributed by atoms with E-state index >= 15 is 0 Å². The Morgan fingerprint density at radius 2 is 2.19 bits per heavy atom. The van der Waals surface area contributed by atoms with Gasteiger partial charge in [0.2, 0.25) is 0 Å². The molecular weight excluding hydrogens is 368 g/mol. The summed E-state index contributed by atoms with van der Waals surface area (Å²) < 4.78 is 26.7. The summed E-state index contributed by atoms with van der Waals surface area (Å²) in [5.41, 5.74) is 0.733. The second kappa shape index (κ2) is 4.89. The fourth-order valence-electron chi connectivity index (χ4n) is 1.18. The Kier molecular flexibility index (Phi) is 3.70. The summed E-state index contributed by atoms with van der Waals surface area (Å²) >= 11 is 8.03. The molecule has 0 aliphatic rings. The topological polar surface area (TPSA) is 30.7 Å². The minimum absolute atomic E-state index is 0.538. The molecule has 0 fully saturated rings. The molecule has 0 spiro atoms. The lowest BCUT2D eigenvalue weighted by atomic mass is 10.2. The number of aromatic nitrogens is 3. The summed E-state index contributed by atoms with van der Waals surface area (Å²) in [7, 11) is 0. The highest BCUT2D eigenvalue weighted by atomic mass is 79.9. The van der Waals surface area contributed by atoms with Gasteiger partial charge in [0.25, 0.3) is 0 Å².